The summed E-state index contributed by atoms with van der Waals surface area (Å²) in [7, 11) is 0. The van der Waals surface area contributed by atoms with E-state index in [1.807, 2.05) is 34.7 Å². The first-order chi connectivity index (χ1) is 14.2. The van der Waals surface area contributed by atoms with Gasteiger partial charge in [-0.2, -0.15) is 0 Å². The lowest BCUT2D eigenvalue weighted by atomic mass is 10.2. The Morgan fingerprint density at radius 2 is 2.14 bits per heavy atom. The second-order valence-corrected chi connectivity index (χ2v) is 9.56. The second kappa shape index (κ2) is 9.42. The number of morpholine rings is 1. The predicted octanol–water partition coefficient (Wildman–Crippen LogP) is 3.94. The van der Waals surface area contributed by atoms with Gasteiger partial charge >= 0.3 is 0 Å². The van der Waals surface area contributed by atoms with E-state index in [2.05, 4.69) is 0 Å². The molecule has 1 aliphatic heterocycles. The second-order valence-electron chi connectivity index (χ2n) is 6.70. The van der Waals surface area contributed by atoms with Crippen LogP contribution in [0.5, 0.6) is 0 Å². The summed E-state index contributed by atoms with van der Waals surface area (Å²) in [6, 6.07) is 4.04. The van der Waals surface area contributed by atoms with E-state index in [9.17, 15) is 9.59 Å². The van der Waals surface area contributed by atoms with E-state index in [0.29, 0.717) is 44.7 Å². The summed E-state index contributed by atoms with van der Waals surface area (Å²) in [4.78, 5) is 34.0. The molecule has 1 saturated heterocycles. The third-order valence-corrected chi connectivity index (χ3v) is 7.73. The highest BCUT2D eigenvalue weighted by Gasteiger charge is 2.18. The van der Waals surface area contributed by atoms with Gasteiger partial charge in [-0.1, -0.05) is 17.8 Å². The van der Waals surface area contributed by atoms with Gasteiger partial charge < -0.3 is 9.64 Å². The molecule has 3 aromatic rings. The van der Waals surface area contributed by atoms with Crippen LogP contribution in [0.1, 0.15) is 19.8 Å². The van der Waals surface area contributed by atoms with Crippen molar-refractivity contribution in [2.75, 3.05) is 32.1 Å². The Hall–Kier alpha value is -1.68. The highest BCUT2D eigenvalue weighted by molar-refractivity contribution is 7.99. The molecule has 6 nitrogen and oxygen atoms in total. The number of thiophene rings is 2. The first-order valence-electron chi connectivity index (χ1n) is 9.73. The van der Waals surface area contributed by atoms with Crippen LogP contribution in [-0.4, -0.2) is 52.4 Å². The molecule has 0 aromatic carbocycles. The van der Waals surface area contributed by atoms with E-state index in [1.54, 1.807) is 27.7 Å². The number of amides is 1. The van der Waals surface area contributed by atoms with Crippen LogP contribution in [0.3, 0.4) is 0 Å². The van der Waals surface area contributed by atoms with Crippen LogP contribution in [0.25, 0.3) is 20.7 Å². The van der Waals surface area contributed by atoms with Crippen LogP contribution in [-0.2, 0) is 16.1 Å². The molecule has 0 unspecified atom stereocenters. The van der Waals surface area contributed by atoms with Gasteiger partial charge in [0.1, 0.15) is 4.83 Å². The van der Waals surface area contributed by atoms with Gasteiger partial charge in [0.25, 0.3) is 5.56 Å². The summed E-state index contributed by atoms with van der Waals surface area (Å²) in [5.74, 6) is 0.945. The van der Waals surface area contributed by atoms with E-state index in [1.165, 1.54) is 11.3 Å². The summed E-state index contributed by atoms with van der Waals surface area (Å²) in [5, 5.41) is 5.50. The number of thioether (sulfide) groups is 1. The average Bonchev–Trinajstić information content (AvgIpc) is 3.41. The molecule has 29 heavy (non-hydrogen) atoms. The molecule has 3 aromatic heterocycles. The fraction of sp³-hybridized carbons (Fsp3) is 0.450. The maximum absolute atomic E-state index is 13.2. The Morgan fingerprint density at radius 3 is 2.86 bits per heavy atom. The van der Waals surface area contributed by atoms with Crippen LogP contribution < -0.4 is 5.56 Å². The highest BCUT2D eigenvalue weighted by atomic mass is 32.2. The molecule has 4 rings (SSSR count). The summed E-state index contributed by atoms with van der Waals surface area (Å²) in [6.45, 7) is 5.17. The Balaban J connectivity index is 1.46. The van der Waals surface area contributed by atoms with Crippen molar-refractivity contribution in [2.24, 2.45) is 0 Å². The van der Waals surface area contributed by atoms with E-state index in [-0.39, 0.29) is 11.5 Å². The number of ether oxygens (including phenoxy) is 1. The first kappa shape index (κ1) is 20.6. The first-order valence-corrected chi connectivity index (χ1v) is 12.5. The van der Waals surface area contributed by atoms with Crippen LogP contribution in [0.2, 0.25) is 0 Å². The molecule has 0 aliphatic carbocycles. The van der Waals surface area contributed by atoms with Crippen LogP contribution >= 0.6 is 34.4 Å². The minimum absolute atomic E-state index is 0.0223. The minimum atomic E-state index is 0.0223. The van der Waals surface area contributed by atoms with E-state index < -0.39 is 0 Å². The van der Waals surface area contributed by atoms with Gasteiger partial charge in [0.2, 0.25) is 5.91 Å². The zero-order valence-electron chi connectivity index (χ0n) is 16.3. The van der Waals surface area contributed by atoms with Crippen molar-refractivity contribution in [3.63, 3.8) is 0 Å². The molecule has 154 valence electrons. The summed E-state index contributed by atoms with van der Waals surface area (Å²) in [5.41, 5.74) is 1.00. The molecule has 0 atom stereocenters. The Bertz CT molecular complexity index is 1040. The van der Waals surface area contributed by atoms with E-state index >= 15 is 0 Å². The lowest BCUT2D eigenvalue weighted by Crippen LogP contribution is -2.40. The minimum Gasteiger partial charge on any atom is -0.378 e. The van der Waals surface area contributed by atoms with Crippen molar-refractivity contribution in [1.82, 2.24) is 14.5 Å². The van der Waals surface area contributed by atoms with Gasteiger partial charge in [-0.15, -0.1) is 22.7 Å². The lowest BCUT2D eigenvalue weighted by molar-refractivity contribution is -0.135. The van der Waals surface area contributed by atoms with Crippen LogP contribution in [0.15, 0.2) is 32.8 Å². The van der Waals surface area contributed by atoms with Crippen molar-refractivity contribution in [2.45, 2.75) is 31.5 Å². The molecule has 9 heteroatoms. The fourth-order valence-electron chi connectivity index (χ4n) is 3.37. The van der Waals surface area contributed by atoms with Crippen molar-refractivity contribution in [3.8, 4) is 10.4 Å². The normalized spacial score (nSPS) is 14.6. The topological polar surface area (TPSA) is 64.4 Å². The Kier molecular flexibility index (Phi) is 6.69. The largest absolute Gasteiger partial charge is 0.378 e. The molecule has 0 spiro atoms. The number of hydrogen-bond acceptors (Lipinski definition) is 7. The maximum Gasteiger partial charge on any atom is 0.263 e. The van der Waals surface area contributed by atoms with Crippen molar-refractivity contribution in [1.29, 1.82) is 0 Å². The van der Waals surface area contributed by atoms with Crippen LogP contribution in [0, 0.1) is 0 Å². The standard InChI is InChI=1S/C20H23N3O3S3/c1-2-23-19(25)17-14(15-5-3-11-27-15)13-29-18(17)21-20(23)28-12-4-6-16(24)22-7-9-26-10-8-22/h3,5,11,13H,2,4,6-10,12H2,1H3. The number of hydrogen-bond donors (Lipinski definition) is 0. The fourth-order valence-corrected chi connectivity index (χ4v) is 6.17. The Morgan fingerprint density at radius 1 is 1.31 bits per heavy atom. The molecule has 0 bridgehead atoms. The van der Waals surface area contributed by atoms with Crippen LogP contribution in [0.4, 0.5) is 0 Å². The number of fused-ring (bicyclic) bond motifs is 1. The van der Waals surface area contributed by atoms with E-state index in [0.717, 1.165) is 32.6 Å². The number of carbonyl (C=O) groups excluding carboxylic acids is 1. The molecular weight excluding hydrogens is 426 g/mol. The smallest absolute Gasteiger partial charge is 0.263 e. The van der Waals surface area contributed by atoms with Crippen molar-refractivity contribution < 1.29 is 9.53 Å². The number of aromatic nitrogens is 2. The number of nitrogens with zero attached hydrogens (tertiary/aromatic N) is 3. The zero-order valence-corrected chi connectivity index (χ0v) is 18.7. The molecule has 1 amide bonds. The number of rotatable bonds is 7. The molecule has 0 N–H and O–H groups in total. The summed E-state index contributed by atoms with van der Waals surface area (Å²) < 4.78 is 7.04. The molecule has 1 aliphatic rings. The van der Waals surface area contributed by atoms with Gasteiger partial charge in [0, 0.05) is 47.6 Å². The average molecular weight is 450 g/mol. The number of carbonyl (C=O) groups is 1. The molecule has 4 heterocycles. The third kappa shape index (κ3) is 4.42. The monoisotopic (exact) mass is 449 g/mol. The van der Waals surface area contributed by atoms with Gasteiger partial charge in [0.15, 0.2) is 5.16 Å². The quantitative estimate of drug-likeness (QED) is 0.311. The summed E-state index contributed by atoms with van der Waals surface area (Å²) in [6.07, 6.45) is 1.29. The van der Waals surface area contributed by atoms with E-state index in [4.69, 9.17) is 9.72 Å². The zero-order chi connectivity index (χ0) is 20.2. The summed E-state index contributed by atoms with van der Waals surface area (Å²) >= 11 is 4.72. The molecular formula is C20H23N3O3S3. The van der Waals surface area contributed by atoms with Gasteiger partial charge in [-0.3, -0.25) is 14.2 Å². The van der Waals surface area contributed by atoms with Gasteiger partial charge in [-0.05, 0) is 24.8 Å². The maximum atomic E-state index is 13.2. The highest BCUT2D eigenvalue weighted by Crippen LogP contribution is 2.34. The van der Waals surface area contributed by atoms with Gasteiger partial charge in [-0.25, -0.2) is 4.98 Å². The Labute approximate surface area is 181 Å². The predicted molar refractivity (Wildman–Crippen MR) is 120 cm³/mol. The molecule has 0 radical (unpaired) electrons. The molecule has 1 fully saturated rings. The lowest BCUT2D eigenvalue weighted by Gasteiger charge is -2.26. The van der Waals surface area contributed by atoms with Crippen molar-refractivity contribution in [3.05, 3.63) is 33.2 Å². The van der Waals surface area contributed by atoms with Gasteiger partial charge in [0.05, 0.1) is 18.6 Å². The SMILES string of the molecule is CCn1c(SCCCC(=O)N2CCOCC2)nc2scc(-c3cccs3)c2c1=O. The van der Waals surface area contributed by atoms with Crippen molar-refractivity contribution >= 4 is 50.6 Å². The third-order valence-electron chi connectivity index (χ3n) is 4.89. The molecule has 0 saturated carbocycles.